The Labute approximate surface area is 143 Å². The lowest BCUT2D eigenvalue weighted by Crippen LogP contribution is -2.48. The van der Waals surface area contributed by atoms with Crippen molar-refractivity contribution in [2.24, 2.45) is 0 Å². The van der Waals surface area contributed by atoms with Gasteiger partial charge in [-0.25, -0.2) is 0 Å². The molecule has 1 amide bonds. The van der Waals surface area contributed by atoms with E-state index >= 15 is 0 Å². The van der Waals surface area contributed by atoms with Crippen molar-refractivity contribution >= 4 is 5.91 Å². The number of nitrogens with zero attached hydrogens (tertiary/aromatic N) is 2. The minimum atomic E-state index is -0.0595. The van der Waals surface area contributed by atoms with E-state index in [1.165, 1.54) is 11.1 Å². The fourth-order valence-electron chi connectivity index (χ4n) is 3.25. The third-order valence-electron chi connectivity index (χ3n) is 4.67. The van der Waals surface area contributed by atoms with Gasteiger partial charge in [0.05, 0.1) is 6.04 Å². The minimum absolute atomic E-state index is 0.0595. The number of unbranched alkanes of at least 4 members (excludes halogenated alkanes) is 1. The standard InChI is InChI=1S/C20H25N3O/c1-23-15-17-9-3-2-8-16(17)14-19(23)20(24)22-13-7-5-11-18-10-4-6-12-21-18/h2-4,6,8-10,12,19H,5,7,11,13-15H2,1H3,(H,22,24)/t19-/m1/s1. The van der Waals surface area contributed by atoms with Gasteiger partial charge in [-0.05, 0) is 56.0 Å². The van der Waals surface area contributed by atoms with Crippen molar-refractivity contribution in [2.75, 3.05) is 13.6 Å². The summed E-state index contributed by atoms with van der Waals surface area (Å²) in [7, 11) is 2.03. The molecule has 2 heterocycles. The molecule has 3 rings (SSSR count). The number of likely N-dealkylation sites (N-methyl/N-ethyl adjacent to an activating group) is 1. The number of pyridine rings is 1. The van der Waals surface area contributed by atoms with Crippen LogP contribution in [0.3, 0.4) is 0 Å². The summed E-state index contributed by atoms with van der Waals surface area (Å²) in [5, 5.41) is 3.10. The molecule has 2 aromatic rings. The molecule has 0 aliphatic carbocycles. The largest absolute Gasteiger partial charge is 0.355 e. The molecule has 0 bridgehead atoms. The predicted octanol–water partition coefficient (Wildman–Crippen LogP) is 2.58. The van der Waals surface area contributed by atoms with Crippen LogP contribution >= 0.6 is 0 Å². The summed E-state index contributed by atoms with van der Waals surface area (Å²) in [5.41, 5.74) is 3.75. The van der Waals surface area contributed by atoms with Crippen LogP contribution in [0.15, 0.2) is 48.7 Å². The van der Waals surface area contributed by atoms with Crippen LogP contribution in [-0.4, -0.2) is 35.4 Å². The molecule has 1 N–H and O–H groups in total. The molecule has 0 unspecified atom stereocenters. The number of carbonyl (C=O) groups excluding carboxylic acids is 1. The van der Waals surface area contributed by atoms with Gasteiger partial charge in [0, 0.05) is 25.0 Å². The van der Waals surface area contributed by atoms with Gasteiger partial charge in [-0.1, -0.05) is 30.3 Å². The van der Waals surface area contributed by atoms with Gasteiger partial charge in [-0.15, -0.1) is 0 Å². The molecule has 1 aliphatic rings. The number of carbonyl (C=O) groups is 1. The fourth-order valence-corrected chi connectivity index (χ4v) is 3.25. The number of aryl methyl sites for hydroxylation is 1. The van der Waals surface area contributed by atoms with Gasteiger partial charge in [0.25, 0.3) is 0 Å². The summed E-state index contributed by atoms with van der Waals surface area (Å²) in [5.74, 6) is 0.143. The normalized spacial score (nSPS) is 17.3. The fraction of sp³-hybridized carbons (Fsp3) is 0.400. The first-order valence-electron chi connectivity index (χ1n) is 8.68. The Morgan fingerprint density at radius 3 is 2.75 bits per heavy atom. The van der Waals surface area contributed by atoms with E-state index < -0.39 is 0 Å². The lowest BCUT2D eigenvalue weighted by Gasteiger charge is -2.33. The molecule has 1 aromatic heterocycles. The summed E-state index contributed by atoms with van der Waals surface area (Å²) in [6.45, 7) is 1.57. The first-order chi connectivity index (χ1) is 11.7. The third kappa shape index (κ3) is 4.20. The van der Waals surface area contributed by atoms with E-state index in [-0.39, 0.29) is 11.9 Å². The van der Waals surface area contributed by atoms with Crippen LogP contribution in [0, 0.1) is 0 Å². The zero-order chi connectivity index (χ0) is 16.8. The maximum absolute atomic E-state index is 12.5. The highest BCUT2D eigenvalue weighted by Gasteiger charge is 2.28. The van der Waals surface area contributed by atoms with Crippen LogP contribution in [0.2, 0.25) is 0 Å². The van der Waals surface area contributed by atoms with Crippen molar-refractivity contribution in [3.63, 3.8) is 0 Å². The van der Waals surface area contributed by atoms with E-state index in [1.807, 2.05) is 31.4 Å². The summed E-state index contributed by atoms with van der Waals surface area (Å²) >= 11 is 0. The van der Waals surface area contributed by atoms with Gasteiger partial charge >= 0.3 is 0 Å². The second kappa shape index (κ2) is 8.06. The molecule has 0 saturated heterocycles. The van der Waals surface area contributed by atoms with Crippen LogP contribution in [0.1, 0.15) is 29.7 Å². The van der Waals surface area contributed by atoms with Crippen molar-refractivity contribution in [1.29, 1.82) is 0 Å². The summed E-state index contributed by atoms with van der Waals surface area (Å²) in [6, 6.07) is 14.3. The summed E-state index contributed by atoms with van der Waals surface area (Å²) in [4.78, 5) is 19.0. The van der Waals surface area contributed by atoms with Crippen LogP contribution in [-0.2, 0) is 24.2 Å². The number of hydrogen-bond donors (Lipinski definition) is 1. The predicted molar refractivity (Wildman–Crippen MR) is 95.6 cm³/mol. The molecular formula is C20H25N3O. The van der Waals surface area contributed by atoms with Gasteiger partial charge in [-0.3, -0.25) is 14.7 Å². The molecule has 0 fully saturated rings. The molecule has 126 valence electrons. The minimum Gasteiger partial charge on any atom is -0.355 e. The van der Waals surface area contributed by atoms with Gasteiger partial charge < -0.3 is 5.32 Å². The molecule has 4 nitrogen and oxygen atoms in total. The lowest BCUT2D eigenvalue weighted by atomic mass is 9.94. The van der Waals surface area contributed by atoms with E-state index in [0.717, 1.165) is 44.5 Å². The topological polar surface area (TPSA) is 45.2 Å². The van der Waals surface area contributed by atoms with Crippen molar-refractivity contribution < 1.29 is 4.79 Å². The first-order valence-corrected chi connectivity index (χ1v) is 8.68. The smallest absolute Gasteiger partial charge is 0.237 e. The van der Waals surface area contributed by atoms with E-state index in [2.05, 4.69) is 39.5 Å². The Balaban J connectivity index is 1.42. The first kappa shape index (κ1) is 16.7. The SMILES string of the molecule is CN1Cc2ccccc2C[C@@H]1C(=O)NCCCCc1ccccn1. The molecule has 24 heavy (non-hydrogen) atoms. The molecule has 0 radical (unpaired) electrons. The molecule has 1 aromatic carbocycles. The van der Waals surface area contributed by atoms with Crippen molar-refractivity contribution in [3.05, 3.63) is 65.5 Å². The zero-order valence-electron chi connectivity index (χ0n) is 14.2. The number of benzene rings is 1. The van der Waals surface area contributed by atoms with Crippen LogP contribution in [0.25, 0.3) is 0 Å². The Morgan fingerprint density at radius 1 is 1.17 bits per heavy atom. The average molecular weight is 323 g/mol. The number of nitrogens with one attached hydrogen (secondary N) is 1. The monoisotopic (exact) mass is 323 g/mol. The van der Waals surface area contributed by atoms with E-state index in [9.17, 15) is 4.79 Å². The molecule has 0 saturated carbocycles. The molecule has 0 spiro atoms. The Hall–Kier alpha value is -2.20. The third-order valence-corrected chi connectivity index (χ3v) is 4.67. The number of amides is 1. The highest BCUT2D eigenvalue weighted by Crippen LogP contribution is 2.21. The number of hydrogen-bond acceptors (Lipinski definition) is 3. The maximum Gasteiger partial charge on any atom is 0.237 e. The number of aromatic nitrogens is 1. The Bertz CT molecular complexity index is 672. The van der Waals surface area contributed by atoms with E-state index in [1.54, 1.807) is 0 Å². The Kier molecular flexibility index (Phi) is 5.59. The van der Waals surface area contributed by atoms with Crippen molar-refractivity contribution in [3.8, 4) is 0 Å². The summed E-state index contributed by atoms with van der Waals surface area (Å²) in [6.07, 6.45) is 5.61. The van der Waals surface area contributed by atoms with Gasteiger partial charge in [0.15, 0.2) is 0 Å². The second-order valence-corrected chi connectivity index (χ2v) is 6.47. The van der Waals surface area contributed by atoms with Gasteiger partial charge in [0.1, 0.15) is 0 Å². The van der Waals surface area contributed by atoms with Crippen LogP contribution in [0.5, 0.6) is 0 Å². The van der Waals surface area contributed by atoms with Crippen LogP contribution < -0.4 is 5.32 Å². The lowest BCUT2D eigenvalue weighted by molar-refractivity contribution is -0.126. The molecule has 1 aliphatic heterocycles. The Morgan fingerprint density at radius 2 is 1.96 bits per heavy atom. The van der Waals surface area contributed by atoms with Crippen molar-refractivity contribution in [2.45, 2.75) is 38.3 Å². The molecular weight excluding hydrogens is 298 g/mol. The average Bonchev–Trinajstić information content (AvgIpc) is 2.61. The number of rotatable bonds is 6. The quantitative estimate of drug-likeness (QED) is 0.831. The maximum atomic E-state index is 12.5. The van der Waals surface area contributed by atoms with E-state index in [0.29, 0.717) is 0 Å². The van der Waals surface area contributed by atoms with Gasteiger partial charge in [-0.2, -0.15) is 0 Å². The molecule has 1 atom stereocenters. The summed E-state index contributed by atoms with van der Waals surface area (Å²) < 4.78 is 0. The molecule has 4 heteroatoms. The van der Waals surface area contributed by atoms with Crippen molar-refractivity contribution in [1.82, 2.24) is 15.2 Å². The highest BCUT2D eigenvalue weighted by molar-refractivity contribution is 5.82. The second-order valence-electron chi connectivity index (χ2n) is 6.47. The number of fused-ring (bicyclic) bond motifs is 1. The van der Waals surface area contributed by atoms with E-state index in [4.69, 9.17) is 0 Å². The zero-order valence-corrected chi connectivity index (χ0v) is 14.2. The van der Waals surface area contributed by atoms with Crippen LogP contribution in [0.4, 0.5) is 0 Å². The highest BCUT2D eigenvalue weighted by atomic mass is 16.2. The van der Waals surface area contributed by atoms with Gasteiger partial charge in [0.2, 0.25) is 5.91 Å².